The maximum absolute atomic E-state index is 12.5. The number of nitrogens with zero attached hydrogens (tertiary/aromatic N) is 1. The lowest BCUT2D eigenvalue weighted by molar-refractivity contribution is -0.121. The molecule has 1 heterocycles. The number of rotatable bonds is 9. The normalized spacial score (nSPS) is 12.2. The molecule has 1 atom stereocenters. The van der Waals surface area contributed by atoms with E-state index in [2.05, 4.69) is 71.7 Å². The third-order valence-electron chi connectivity index (χ3n) is 5.05. The van der Waals surface area contributed by atoms with Crippen molar-refractivity contribution in [3.05, 3.63) is 71.9 Å². The summed E-state index contributed by atoms with van der Waals surface area (Å²) in [6.07, 6.45) is 4.57. The molecular formula is C23H28N2O2. The number of carbonyl (C=O) groups excluding carboxylic acids is 1. The number of methoxy groups -OCH3 is 1. The molecule has 142 valence electrons. The van der Waals surface area contributed by atoms with Crippen LogP contribution in [-0.2, 0) is 23.0 Å². The lowest BCUT2D eigenvalue weighted by Gasteiger charge is -2.17. The largest absolute Gasteiger partial charge is 0.383 e. The number of amides is 1. The summed E-state index contributed by atoms with van der Waals surface area (Å²) >= 11 is 0. The Morgan fingerprint density at radius 2 is 1.85 bits per heavy atom. The zero-order valence-corrected chi connectivity index (χ0v) is 16.2. The van der Waals surface area contributed by atoms with Crippen molar-refractivity contribution in [1.29, 1.82) is 0 Å². The summed E-state index contributed by atoms with van der Waals surface area (Å²) in [4.78, 5) is 12.5. The zero-order chi connectivity index (χ0) is 19.1. The Morgan fingerprint density at radius 1 is 1.11 bits per heavy atom. The number of hydrogen-bond acceptors (Lipinski definition) is 2. The monoisotopic (exact) mass is 364 g/mol. The van der Waals surface area contributed by atoms with Gasteiger partial charge < -0.3 is 14.6 Å². The van der Waals surface area contributed by atoms with E-state index < -0.39 is 0 Å². The van der Waals surface area contributed by atoms with Crippen LogP contribution in [0.3, 0.4) is 0 Å². The summed E-state index contributed by atoms with van der Waals surface area (Å²) in [5.74, 6) is 0.261. The molecule has 27 heavy (non-hydrogen) atoms. The fourth-order valence-electron chi connectivity index (χ4n) is 3.64. The molecule has 4 nitrogen and oxygen atoms in total. The molecule has 3 rings (SSSR count). The van der Waals surface area contributed by atoms with Gasteiger partial charge in [-0.3, -0.25) is 4.79 Å². The highest BCUT2D eigenvalue weighted by atomic mass is 16.5. The lowest BCUT2D eigenvalue weighted by atomic mass is 9.89. The molecule has 0 radical (unpaired) electrons. The van der Waals surface area contributed by atoms with Crippen LogP contribution in [0.4, 0.5) is 0 Å². The molecule has 1 aromatic heterocycles. The van der Waals surface area contributed by atoms with Gasteiger partial charge in [0.25, 0.3) is 0 Å². The van der Waals surface area contributed by atoms with Gasteiger partial charge in [-0.25, -0.2) is 0 Å². The van der Waals surface area contributed by atoms with Gasteiger partial charge in [0.1, 0.15) is 0 Å². The number of fused-ring (bicyclic) bond motifs is 1. The second-order valence-electron chi connectivity index (χ2n) is 6.98. The van der Waals surface area contributed by atoms with Crippen LogP contribution in [0.15, 0.2) is 60.8 Å². The van der Waals surface area contributed by atoms with Gasteiger partial charge in [-0.15, -0.1) is 0 Å². The maximum atomic E-state index is 12.5. The van der Waals surface area contributed by atoms with Crippen LogP contribution in [0.2, 0.25) is 0 Å². The second-order valence-corrected chi connectivity index (χ2v) is 6.98. The number of carbonyl (C=O) groups is 1. The second kappa shape index (κ2) is 9.38. The molecule has 0 bridgehead atoms. The van der Waals surface area contributed by atoms with E-state index in [-0.39, 0.29) is 11.8 Å². The third kappa shape index (κ3) is 4.98. The van der Waals surface area contributed by atoms with Gasteiger partial charge in [-0.2, -0.15) is 0 Å². The summed E-state index contributed by atoms with van der Waals surface area (Å²) < 4.78 is 7.19. The minimum Gasteiger partial charge on any atom is -0.383 e. The van der Waals surface area contributed by atoms with Crippen molar-refractivity contribution in [2.75, 3.05) is 20.3 Å². The van der Waals surface area contributed by atoms with Crippen LogP contribution in [0, 0.1) is 0 Å². The first-order valence-corrected chi connectivity index (χ1v) is 9.52. The van der Waals surface area contributed by atoms with Crippen molar-refractivity contribution < 1.29 is 9.53 Å². The Bertz CT molecular complexity index is 870. The number of benzene rings is 2. The predicted octanol–water partition coefficient (Wildman–Crippen LogP) is 4.05. The molecular weight excluding hydrogens is 336 g/mol. The van der Waals surface area contributed by atoms with Gasteiger partial charge in [0.2, 0.25) is 5.91 Å². The molecule has 0 fully saturated rings. The van der Waals surface area contributed by atoms with E-state index >= 15 is 0 Å². The van der Waals surface area contributed by atoms with Crippen LogP contribution in [0.25, 0.3) is 10.9 Å². The molecule has 0 aliphatic carbocycles. The first-order valence-electron chi connectivity index (χ1n) is 9.52. The van der Waals surface area contributed by atoms with Crippen molar-refractivity contribution in [2.45, 2.75) is 25.2 Å². The third-order valence-corrected chi connectivity index (χ3v) is 5.05. The molecule has 0 saturated heterocycles. The quantitative estimate of drug-likeness (QED) is 0.582. The van der Waals surface area contributed by atoms with Crippen LogP contribution < -0.4 is 5.32 Å². The van der Waals surface area contributed by atoms with Gasteiger partial charge in [0.05, 0.1) is 6.61 Å². The Morgan fingerprint density at radius 3 is 2.63 bits per heavy atom. The average molecular weight is 364 g/mol. The highest BCUT2D eigenvalue weighted by Crippen LogP contribution is 2.32. The Labute approximate surface area is 161 Å². The number of aromatic nitrogens is 1. The van der Waals surface area contributed by atoms with Crippen molar-refractivity contribution in [2.24, 2.45) is 7.05 Å². The highest BCUT2D eigenvalue weighted by molar-refractivity contribution is 5.85. The van der Waals surface area contributed by atoms with Gasteiger partial charge >= 0.3 is 0 Å². The molecule has 1 amide bonds. The molecule has 4 heteroatoms. The summed E-state index contributed by atoms with van der Waals surface area (Å²) in [6, 6.07) is 18.9. The van der Waals surface area contributed by atoms with E-state index in [1.165, 1.54) is 22.0 Å². The molecule has 0 saturated carbocycles. The Kier molecular flexibility index (Phi) is 6.66. The molecule has 0 aliphatic rings. The van der Waals surface area contributed by atoms with Gasteiger partial charge in [0.15, 0.2) is 0 Å². The van der Waals surface area contributed by atoms with Gasteiger partial charge in [-0.05, 0) is 36.0 Å². The zero-order valence-electron chi connectivity index (χ0n) is 16.2. The number of nitrogens with one attached hydrogen (secondary N) is 1. The first kappa shape index (κ1) is 19.2. The molecule has 3 aromatic rings. The summed E-state index contributed by atoms with van der Waals surface area (Å²) in [6.45, 7) is 1.09. The number of aryl methyl sites for hydroxylation is 2. The van der Waals surface area contributed by atoms with E-state index in [0.29, 0.717) is 19.6 Å². The average Bonchev–Trinajstić information content (AvgIpc) is 3.03. The standard InChI is InChI=1S/C23H28N2O2/c1-25-17-21(20-10-6-7-11-22(20)25)19(16-23(26)24-14-15-27-2)13-12-18-8-4-3-5-9-18/h3-11,17,19H,12-16H2,1-2H3,(H,24,26). The van der Waals surface area contributed by atoms with Crippen molar-refractivity contribution in [1.82, 2.24) is 9.88 Å². The van der Waals surface area contributed by atoms with E-state index in [9.17, 15) is 4.79 Å². The number of ether oxygens (including phenoxy) is 1. The molecule has 0 spiro atoms. The SMILES string of the molecule is COCCNC(=O)CC(CCc1ccccc1)c1cn(C)c2ccccc12. The fraction of sp³-hybridized carbons (Fsp3) is 0.348. The molecule has 1 N–H and O–H groups in total. The van der Waals surface area contributed by atoms with Gasteiger partial charge in [-0.1, -0.05) is 48.5 Å². The van der Waals surface area contributed by atoms with Crippen LogP contribution in [-0.4, -0.2) is 30.7 Å². The van der Waals surface area contributed by atoms with E-state index in [1.807, 2.05) is 6.07 Å². The van der Waals surface area contributed by atoms with Crippen molar-refractivity contribution >= 4 is 16.8 Å². The topological polar surface area (TPSA) is 43.3 Å². The predicted molar refractivity (Wildman–Crippen MR) is 110 cm³/mol. The van der Waals surface area contributed by atoms with Crippen LogP contribution in [0.1, 0.15) is 29.9 Å². The number of hydrogen-bond donors (Lipinski definition) is 1. The van der Waals surface area contributed by atoms with Crippen molar-refractivity contribution in [3.8, 4) is 0 Å². The Hall–Kier alpha value is -2.59. The molecule has 1 unspecified atom stereocenters. The minimum absolute atomic E-state index is 0.0815. The highest BCUT2D eigenvalue weighted by Gasteiger charge is 2.20. The van der Waals surface area contributed by atoms with Crippen LogP contribution in [0.5, 0.6) is 0 Å². The van der Waals surface area contributed by atoms with Crippen LogP contribution >= 0.6 is 0 Å². The first-order chi connectivity index (χ1) is 13.2. The summed E-state index contributed by atoms with van der Waals surface area (Å²) in [5.41, 5.74) is 3.77. The summed E-state index contributed by atoms with van der Waals surface area (Å²) in [7, 11) is 3.71. The summed E-state index contributed by atoms with van der Waals surface area (Å²) in [5, 5.41) is 4.20. The smallest absolute Gasteiger partial charge is 0.220 e. The number of para-hydroxylation sites is 1. The van der Waals surface area contributed by atoms with E-state index in [4.69, 9.17) is 4.74 Å². The van der Waals surface area contributed by atoms with E-state index in [1.54, 1.807) is 7.11 Å². The minimum atomic E-state index is 0.0815. The van der Waals surface area contributed by atoms with Crippen molar-refractivity contribution in [3.63, 3.8) is 0 Å². The Balaban J connectivity index is 1.81. The molecule has 0 aliphatic heterocycles. The van der Waals surface area contributed by atoms with E-state index in [0.717, 1.165) is 12.8 Å². The fourth-order valence-corrected chi connectivity index (χ4v) is 3.64. The lowest BCUT2D eigenvalue weighted by Crippen LogP contribution is -2.28. The maximum Gasteiger partial charge on any atom is 0.220 e. The molecule has 2 aromatic carbocycles. The van der Waals surface area contributed by atoms with Gasteiger partial charge in [0, 0.05) is 44.2 Å².